The highest BCUT2D eigenvalue weighted by Crippen LogP contribution is 2.53. The van der Waals surface area contributed by atoms with Crippen LogP contribution in [0.3, 0.4) is 0 Å². The lowest BCUT2D eigenvalue weighted by Crippen LogP contribution is -2.61. The van der Waals surface area contributed by atoms with Gasteiger partial charge in [-0.15, -0.1) is 0 Å². The number of aromatic nitrogens is 3. The highest BCUT2D eigenvalue weighted by molar-refractivity contribution is 6.06. The van der Waals surface area contributed by atoms with Gasteiger partial charge in [-0.05, 0) is 131 Å². The number of piperazine rings is 2. The number of anilines is 2. The third-order valence-electron chi connectivity index (χ3n) is 18.7. The number of methoxy groups -OCH3 is 1. The molecular weight excluding hydrogens is 1080 g/mol. The van der Waals surface area contributed by atoms with E-state index in [0.717, 1.165) is 102 Å². The van der Waals surface area contributed by atoms with Crippen LogP contribution in [0, 0.1) is 28.3 Å². The molecule has 1 spiro atoms. The van der Waals surface area contributed by atoms with E-state index in [-0.39, 0.29) is 99.9 Å². The molecule has 440 valence electrons. The topological polar surface area (TPSA) is 175 Å². The van der Waals surface area contributed by atoms with Gasteiger partial charge >= 0.3 is 12.1 Å². The summed E-state index contributed by atoms with van der Waals surface area (Å²) in [5.41, 5.74) is -0.0307. The predicted octanol–water partition coefficient (Wildman–Crippen LogP) is 8.16. The molecule has 8 heterocycles. The molecule has 22 heteroatoms. The average Bonchev–Trinajstić information content (AvgIpc) is 4.23. The standard InChI is InChI=1S/C61H70F4N10O8/c1-58(2,3)83-57(79)75-39-6-7-40(75)29-73(28-39)53-44-26-66-51(43-25-41(82-35-80-4)24-36-5-10-45(62)49(63)48(36)43)50(64)52(44)68-56(69-53)81-34-60(13-14-60)32-71-30-59(31-71)15-17-61(65,18-16-59)33-70-19-21-72(22-20-70)38-8-9-42-37(23-38)27-74(55(42)78)46-11-12-47(76)67-54(46)77/h5,8-10,23-26,39-40,46H,6-7,11-22,27-35H2,1-4H3,(H,67,76,77)/t39?,40?,46-/m0/s1. The summed E-state index contributed by atoms with van der Waals surface area (Å²) in [4.78, 5) is 77.6. The fourth-order valence-electron chi connectivity index (χ4n) is 14.2. The largest absolute Gasteiger partial charge is 0.468 e. The van der Waals surface area contributed by atoms with Crippen molar-refractivity contribution in [3.05, 3.63) is 77.2 Å². The number of imide groups is 1. The molecule has 3 atom stereocenters. The number of alkyl halides is 1. The summed E-state index contributed by atoms with van der Waals surface area (Å²) in [5.74, 6) is -3.46. The second-order valence-corrected chi connectivity index (χ2v) is 25.8. The summed E-state index contributed by atoms with van der Waals surface area (Å²) in [5, 5.41) is 2.75. The minimum atomic E-state index is -1.27. The predicted molar refractivity (Wildman–Crippen MR) is 299 cm³/mol. The lowest BCUT2D eigenvalue weighted by molar-refractivity contribution is -0.136. The number of amides is 4. The normalized spacial score (nSPS) is 23.9. The number of fused-ring (bicyclic) bond motifs is 5. The molecule has 7 fully saturated rings. The first kappa shape index (κ1) is 55.3. The van der Waals surface area contributed by atoms with Gasteiger partial charge in [0.15, 0.2) is 24.2 Å². The first-order valence-corrected chi connectivity index (χ1v) is 29.2. The van der Waals surface area contributed by atoms with E-state index in [1.54, 1.807) is 4.90 Å². The molecule has 2 bridgehead atoms. The molecule has 83 heavy (non-hydrogen) atoms. The van der Waals surface area contributed by atoms with Gasteiger partial charge in [-0.25, -0.2) is 22.4 Å². The van der Waals surface area contributed by atoms with Gasteiger partial charge in [0, 0.05) is 119 Å². The van der Waals surface area contributed by atoms with Crippen molar-refractivity contribution in [1.82, 2.24) is 39.9 Å². The quantitative estimate of drug-likeness (QED) is 0.0640. The van der Waals surface area contributed by atoms with Crippen molar-refractivity contribution in [3.8, 4) is 23.0 Å². The van der Waals surface area contributed by atoms with Crippen LogP contribution >= 0.6 is 0 Å². The molecule has 13 rings (SSSR count). The smallest absolute Gasteiger partial charge is 0.410 e. The summed E-state index contributed by atoms with van der Waals surface area (Å²) in [6.07, 6.45) is 7.59. The Labute approximate surface area is 478 Å². The fourth-order valence-corrected chi connectivity index (χ4v) is 14.2. The molecular formula is C61H70F4N10O8. The van der Waals surface area contributed by atoms with Gasteiger partial charge in [-0.1, -0.05) is 6.07 Å². The van der Waals surface area contributed by atoms with E-state index in [1.807, 2.05) is 48.8 Å². The number of hydrogen-bond acceptors (Lipinski definition) is 15. The summed E-state index contributed by atoms with van der Waals surface area (Å²) < 4.78 is 88.1. The molecule has 8 aliphatic rings. The van der Waals surface area contributed by atoms with Gasteiger partial charge in [0.2, 0.25) is 11.8 Å². The number of ether oxygens (including phenoxy) is 4. The van der Waals surface area contributed by atoms with Crippen LogP contribution in [0.4, 0.5) is 33.9 Å². The Balaban J connectivity index is 0.659. The second-order valence-electron chi connectivity index (χ2n) is 25.8. The maximum Gasteiger partial charge on any atom is 0.410 e. The molecule has 0 radical (unpaired) electrons. The number of carbonyl (C=O) groups excluding carboxylic acids is 4. The van der Waals surface area contributed by atoms with Crippen molar-refractivity contribution in [2.75, 3.05) is 95.8 Å². The van der Waals surface area contributed by atoms with Crippen molar-refractivity contribution in [3.63, 3.8) is 0 Å². The second kappa shape index (κ2) is 21.0. The summed E-state index contributed by atoms with van der Waals surface area (Å²) in [6, 6.07) is 10.1. The minimum Gasteiger partial charge on any atom is -0.468 e. The molecule has 2 unspecified atom stereocenters. The number of nitrogens with zero attached hydrogens (tertiary/aromatic N) is 9. The number of pyridine rings is 1. The van der Waals surface area contributed by atoms with Crippen molar-refractivity contribution in [1.29, 1.82) is 0 Å². The van der Waals surface area contributed by atoms with E-state index in [4.69, 9.17) is 28.9 Å². The Morgan fingerprint density at radius 1 is 0.807 bits per heavy atom. The van der Waals surface area contributed by atoms with Crippen LogP contribution in [0.25, 0.3) is 32.9 Å². The molecule has 3 aromatic carbocycles. The van der Waals surface area contributed by atoms with E-state index < -0.39 is 40.7 Å². The lowest BCUT2D eigenvalue weighted by atomic mass is 9.64. The summed E-state index contributed by atoms with van der Waals surface area (Å²) in [6.45, 7) is 12.6. The Bertz CT molecular complexity index is 3410. The van der Waals surface area contributed by atoms with E-state index >= 15 is 13.2 Å². The monoisotopic (exact) mass is 1150 g/mol. The van der Waals surface area contributed by atoms with Gasteiger partial charge in [0.05, 0.1) is 24.1 Å². The number of piperidine rings is 1. The zero-order valence-electron chi connectivity index (χ0n) is 47.4. The van der Waals surface area contributed by atoms with Crippen molar-refractivity contribution < 1.29 is 55.7 Å². The number of hydrogen-bond donors (Lipinski definition) is 1. The third kappa shape index (κ3) is 10.6. The fraction of sp³-hybridized carbons (Fsp3) is 0.557. The van der Waals surface area contributed by atoms with E-state index in [9.17, 15) is 23.6 Å². The molecule has 5 saturated heterocycles. The highest BCUT2D eigenvalue weighted by atomic mass is 19.2. The minimum absolute atomic E-state index is 0.0370. The SMILES string of the molecule is COCOc1cc(-c2ncc3c(N4CC5CCC(C4)N5C(=O)OC(C)(C)C)nc(OCC4(CN5CC6(CCC(F)(CN7CCN(c8ccc9c(c8)CN([C@H]8CCC(=O)NC8=O)C9=O)CC7)CC6)C5)CC4)nc3c2F)c2c(F)c(F)ccc2c1. The van der Waals surface area contributed by atoms with E-state index in [1.165, 1.54) is 31.5 Å². The number of nitrogens with one attached hydrogen (secondary N) is 1. The lowest BCUT2D eigenvalue weighted by Gasteiger charge is -2.55. The average molecular weight is 1150 g/mol. The summed E-state index contributed by atoms with van der Waals surface area (Å²) in [7, 11) is 1.45. The number of rotatable bonds is 14. The Kier molecular flexibility index (Phi) is 14.0. The number of carbonyl (C=O) groups is 4. The maximum atomic E-state index is 17.5. The van der Waals surface area contributed by atoms with E-state index in [0.29, 0.717) is 62.2 Å². The Morgan fingerprint density at radius 2 is 1.55 bits per heavy atom. The Hall–Kier alpha value is -6.91. The van der Waals surface area contributed by atoms with Gasteiger partial charge in [-0.3, -0.25) is 34.5 Å². The molecule has 18 nitrogen and oxygen atoms in total. The molecule has 2 aromatic heterocycles. The summed E-state index contributed by atoms with van der Waals surface area (Å²) >= 11 is 0. The number of halogens is 4. The van der Waals surface area contributed by atoms with Crippen molar-refractivity contribution in [2.24, 2.45) is 10.8 Å². The first-order chi connectivity index (χ1) is 39.7. The van der Waals surface area contributed by atoms with Crippen molar-refractivity contribution in [2.45, 2.75) is 121 Å². The molecule has 2 aliphatic carbocycles. The molecule has 4 amide bonds. The van der Waals surface area contributed by atoms with Crippen LogP contribution in [0.1, 0.15) is 101 Å². The van der Waals surface area contributed by atoms with Gasteiger partial charge in [0.25, 0.3) is 5.91 Å². The number of benzene rings is 3. The van der Waals surface area contributed by atoms with Crippen LogP contribution < -0.4 is 24.6 Å². The van der Waals surface area contributed by atoms with Gasteiger partial charge < -0.3 is 38.5 Å². The molecule has 2 saturated carbocycles. The van der Waals surface area contributed by atoms with Crippen LogP contribution in [-0.2, 0) is 25.6 Å². The van der Waals surface area contributed by atoms with Gasteiger partial charge in [0.1, 0.15) is 40.1 Å². The van der Waals surface area contributed by atoms with Crippen LogP contribution in [0.15, 0.2) is 48.7 Å². The van der Waals surface area contributed by atoms with Crippen LogP contribution in [0.2, 0.25) is 0 Å². The first-order valence-electron chi connectivity index (χ1n) is 29.2. The number of likely N-dealkylation sites (tertiary alicyclic amines) is 1. The zero-order valence-corrected chi connectivity index (χ0v) is 47.4. The van der Waals surface area contributed by atoms with Crippen LogP contribution in [0.5, 0.6) is 11.8 Å². The van der Waals surface area contributed by atoms with E-state index in [2.05, 4.69) is 25.0 Å². The highest BCUT2D eigenvalue weighted by Gasteiger charge is 2.54. The maximum absolute atomic E-state index is 17.5. The third-order valence-corrected chi connectivity index (χ3v) is 18.7. The van der Waals surface area contributed by atoms with Crippen LogP contribution in [-0.4, -0.2) is 174 Å². The zero-order chi connectivity index (χ0) is 57.7. The Morgan fingerprint density at radius 3 is 2.25 bits per heavy atom. The van der Waals surface area contributed by atoms with Crippen molar-refractivity contribution >= 4 is 57.0 Å². The molecule has 5 aromatic rings. The van der Waals surface area contributed by atoms with Gasteiger partial charge in [-0.2, -0.15) is 9.97 Å². The molecule has 6 aliphatic heterocycles. The molecule has 1 N–H and O–H groups in total.